The van der Waals surface area contributed by atoms with Crippen LogP contribution >= 0.6 is 0 Å². The minimum Gasteiger partial charge on any atom is -0.324 e. The molecule has 6 nitrogen and oxygen atoms in total. The smallest absolute Gasteiger partial charge is 0.278 e. The molecular formula is C18H18BN3O3S. The van der Waals surface area contributed by atoms with Gasteiger partial charge in [-0.05, 0) is 42.0 Å². The zero-order chi connectivity index (χ0) is 18.7. The average Bonchev–Trinajstić information content (AvgIpc) is 3.04. The number of carbonyl (C=O) groups excluding carboxylic acids is 1. The van der Waals surface area contributed by atoms with Gasteiger partial charge in [0.05, 0.1) is 29.0 Å². The van der Waals surface area contributed by atoms with E-state index in [0.29, 0.717) is 18.3 Å². The molecule has 0 atom stereocenters. The van der Waals surface area contributed by atoms with Crippen molar-refractivity contribution < 1.29 is 13.2 Å². The van der Waals surface area contributed by atoms with Gasteiger partial charge in [0, 0.05) is 11.7 Å². The molecule has 0 spiro atoms. The highest BCUT2D eigenvalue weighted by Gasteiger charge is 2.26. The summed E-state index contributed by atoms with van der Waals surface area (Å²) in [5, 5.41) is 11.8. The topological polar surface area (TPSA) is 99.9 Å². The number of sulfone groups is 1. The third-order valence-corrected chi connectivity index (χ3v) is 6.21. The van der Waals surface area contributed by atoms with Crippen LogP contribution in [0.1, 0.15) is 23.7 Å². The lowest BCUT2D eigenvalue weighted by atomic mass is 9.49. The Labute approximate surface area is 153 Å². The van der Waals surface area contributed by atoms with Gasteiger partial charge in [-0.25, -0.2) is 13.7 Å². The summed E-state index contributed by atoms with van der Waals surface area (Å²) in [5.41, 5.74) is 3.26. The monoisotopic (exact) mass is 367 g/mol. The van der Waals surface area contributed by atoms with Crippen LogP contribution in [-0.4, -0.2) is 31.8 Å². The number of nitriles is 1. The molecular weight excluding hydrogens is 349 g/mol. The van der Waals surface area contributed by atoms with E-state index in [0.717, 1.165) is 16.8 Å². The summed E-state index contributed by atoms with van der Waals surface area (Å²) in [5.74, 6) is 2.10. The van der Waals surface area contributed by atoms with Gasteiger partial charge in [0.25, 0.3) is 6.71 Å². The van der Waals surface area contributed by atoms with Crippen LogP contribution in [0.4, 0.5) is 5.69 Å². The molecule has 2 heterocycles. The second kappa shape index (κ2) is 7.30. The molecule has 0 radical (unpaired) electrons. The Bertz CT molecular complexity index is 982. The van der Waals surface area contributed by atoms with E-state index in [1.54, 1.807) is 25.3 Å². The molecule has 0 saturated heterocycles. The van der Waals surface area contributed by atoms with Gasteiger partial charge in [0.1, 0.15) is 0 Å². The Morgan fingerprint density at radius 2 is 2.04 bits per heavy atom. The van der Waals surface area contributed by atoms with Gasteiger partial charge in [0.2, 0.25) is 5.91 Å². The molecule has 0 bridgehead atoms. The quantitative estimate of drug-likeness (QED) is 0.813. The highest BCUT2D eigenvalue weighted by atomic mass is 32.2. The van der Waals surface area contributed by atoms with Crippen LogP contribution in [-0.2, 0) is 33.7 Å². The summed E-state index contributed by atoms with van der Waals surface area (Å²) in [6.45, 7) is 1.56. The van der Waals surface area contributed by atoms with E-state index in [4.69, 9.17) is 5.26 Å². The van der Waals surface area contributed by atoms with Gasteiger partial charge in [-0.1, -0.05) is 19.1 Å². The van der Waals surface area contributed by atoms with E-state index in [2.05, 4.69) is 16.3 Å². The van der Waals surface area contributed by atoms with Crippen molar-refractivity contribution >= 4 is 28.1 Å². The number of benzene rings is 1. The number of fused-ring (bicyclic) bond motifs is 1. The molecule has 26 heavy (non-hydrogen) atoms. The van der Waals surface area contributed by atoms with Crippen molar-refractivity contribution in [1.29, 1.82) is 5.26 Å². The zero-order valence-corrected chi connectivity index (χ0v) is 15.2. The van der Waals surface area contributed by atoms with E-state index < -0.39 is 9.84 Å². The molecule has 1 aromatic carbocycles. The first-order valence-electron chi connectivity index (χ1n) is 8.40. The second-order valence-corrected chi connectivity index (χ2v) is 8.61. The Morgan fingerprint density at radius 1 is 1.31 bits per heavy atom. The predicted octanol–water partition coefficient (Wildman–Crippen LogP) is 1.79. The van der Waals surface area contributed by atoms with Crippen LogP contribution in [0, 0.1) is 11.2 Å². The van der Waals surface area contributed by atoms with E-state index in [9.17, 15) is 13.2 Å². The third kappa shape index (κ3) is 3.94. The minimum absolute atomic E-state index is 0.0404. The number of hydrogen-bond donors (Lipinski definition) is 1. The van der Waals surface area contributed by atoms with E-state index in [1.165, 1.54) is 12.1 Å². The maximum Gasteiger partial charge on any atom is 0.278 e. The number of anilines is 1. The maximum atomic E-state index is 12.2. The first-order chi connectivity index (χ1) is 12.4. The van der Waals surface area contributed by atoms with E-state index in [-0.39, 0.29) is 29.7 Å². The first kappa shape index (κ1) is 18.1. The summed E-state index contributed by atoms with van der Waals surface area (Å²) in [6.07, 6.45) is 3.07. The molecule has 1 aliphatic rings. The normalized spacial score (nSPS) is 13.2. The van der Waals surface area contributed by atoms with Crippen molar-refractivity contribution in [3.63, 3.8) is 0 Å². The maximum absolute atomic E-state index is 12.2. The lowest BCUT2D eigenvalue weighted by molar-refractivity contribution is -0.115. The Morgan fingerprint density at radius 3 is 2.69 bits per heavy atom. The molecule has 0 saturated carbocycles. The molecule has 1 N–H and O–H groups in total. The van der Waals surface area contributed by atoms with Crippen molar-refractivity contribution in [2.75, 3.05) is 11.1 Å². The van der Waals surface area contributed by atoms with Crippen molar-refractivity contribution in [2.45, 2.75) is 30.9 Å². The molecule has 0 fully saturated rings. The molecule has 0 aliphatic carbocycles. The number of nitrogens with zero attached hydrogens (tertiary/aromatic N) is 2. The summed E-state index contributed by atoms with van der Waals surface area (Å²) >= 11 is 0. The van der Waals surface area contributed by atoms with Crippen molar-refractivity contribution in [1.82, 2.24) is 4.98 Å². The molecule has 1 amide bonds. The Kier molecular flexibility index (Phi) is 5.09. The number of pyridine rings is 1. The highest BCUT2D eigenvalue weighted by molar-refractivity contribution is 7.91. The van der Waals surface area contributed by atoms with Crippen LogP contribution < -0.4 is 5.32 Å². The lowest BCUT2D eigenvalue weighted by Crippen LogP contribution is -2.15. The third-order valence-electron chi connectivity index (χ3n) is 4.46. The van der Waals surface area contributed by atoms with Crippen LogP contribution in [0.5, 0.6) is 0 Å². The SMILES string of the molecule is CCS(=O)(=O)c1ccc(CC(=O)Nc2cnc3c(c2)CB(C#N)C3)cc1. The van der Waals surface area contributed by atoms with Crippen LogP contribution in [0.25, 0.3) is 0 Å². The van der Waals surface area contributed by atoms with Gasteiger partial charge in [0.15, 0.2) is 9.84 Å². The molecule has 2 aromatic rings. The average molecular weight is 367 g/mol. The minimum atomic E-state index is -3.24. The molecule has 0 unspecified atom stereocenters. The van der Waals surface area contributed by atoms with Gasteiger partial charge >= 0.3 is 0 Å². The largest absolute Gasteiger partial charge is 0.324 e. The number of hydrogen-bond acceptors (Lipinski definition) is 5. The standard InChI is InChI=1S/C18H18BN3O3S/c1-2-26(24,25)16-5-3-13(4-6-16)7-18(23)22-15-8-14-9-19(12-20)10-17(14)21-11-15/h3-6,8,11H,2,7,9-10H2,1H3,(H,22,23). The Balaban J connectivity index is 1.64. The number of rotatable bonds is 5. The summed E-state index contributed by atoms with van der Waals surface area (Å²) in [7, 11) is -3.24. The number of amides is 1. The zero-order valence-electron chi connectivity index (χ0n) is 14.4. The number of carbonyl (C=O) groups is 1. The van der Waals surface area contributed by atoms with Crippen LogP contribution in [0.15, 0.2) is 41.4 Å². The van der Waals surface area contributed by atoms with Crippen molar-refractivity contribution in [3.05, 3.63) is 53.3 Å². The fraction of sp³-hybridized carbons (Fsp3) is 0.278. The molecule has 132 valence electrons. The number of nitrogens with one attached hydrogen (secondary N) is 1. The molecule has 1 aromatic heterocycles. The van der Waals surface area contributed by atoms with E-state index in [1.807, 2.05) is 6.07 Å². The predicted molar refractivity (Wildman–Crippen MR) is 99.5 cm³/mol. The highest BCUT2D eigenvalue weighted by Crippen LogP contribution is 2.22. The molecule has 3 rings (SSSR count). The van der Waals surface area contributed by atoms with Crippen molar-refractivity contribution in [2.24, 2.45) is 0 Å². The molecule has 8 heteroatoms. The number of aromatic nitrogens is 1. The first-order valence-corrected chi connectivity index (χ1v) is 10.1. The fourth-order valence-electron chi connectivity index (χ4n) is 3.00. The second-order valence-electron chi connectivity index (χ2n) is 6.34. The summed E-state index contributed by atoms with van der Waals surface area (Å²) in [4.78, 5) is 16.8. The van der Waals surface area contributed by atoms with Gasteiger partial charge in [-0.15, -0.1) is 0 Å². The molecule has 1 aliphatic heterocycles. The lowest BCUT2D eigenvalue weighted by Gasteiger charge is -2.08. The van der Waals surface area contributed by atoms with Crippen LogP contribution in [0.2, 0.25) is 0 Å². The summed E-state index contributed by atoms with van der Waals surface area (Å²) in [6, 6.07) is 8.23. The van der Waals surface area contributed by atoms with Crippen molar-refractivity contribution in [3.8, 4) is 5.97 Å². The van der Waals surface area contributed by atoms with E-state index >= 15 is 0 Å². The van der Waals surface area contributed by atoms with Gasteiger partial charge < -0.3 is 5.32 Å². The van der Waals surface area contributed by atoms with Gasteiger partial charge in [-0.3, -0.25) is 9.78 Å². The fourth-order valence-corrected chi connectivity index (χ4v) is 3.89. The summed E-state index contributed by atoms with van der Waals surface area (Å²) < 4.78 is 23.6. The Hall–Kier alpha value is -2.66. The van der Waals surface area contributed by atoms with Gasteiger partial charge in [-0.2, -0.15) is 0 Å². The van der Waals surface area contributed by atoms with Crippen LogP contribution in [0.3, 0.4) is 0 Å².